The van der Waals surface area contributed by atoms with Crippen molar-refractivity contribution in [2.75, 3.05) is 0 Å². The first-order valence-corrected chi connectivity index (χ1v) is 8.67. The SMILES string of the molecule is CC(NC(c1cccs1)C1CCCC1)c1ccccc1F. The maximum atomic E-state index is 14.0. The van der Waals surface area contributed by atoms with Crippen LogP contribution in [0.3, 0.4) is 0 Å². The Morgan fingerprint density at radius 2 is 1.90 bits per heavy atom. The molecule has 0 radical (unpaired) electrons. The fourth-order valence-corrected chi connectivity index (χ4v) is 4.27. The number of thiophene rings is 1. The molecule has 2 aromatic rings. The Morgan fingerprint density at radius 3 is 2.57 bits per heavy atom. The van der Waals surface area contributed by atoms with Crippen LogP contribution in [0.4, 0.5) is 4.39 Å². The van der Waals surface area contributed by atoms with Crippen LogP contribution in [0.15, 0.2) is 41.8 Å². The van der Waals surface area contributed by atoms with E-state index in [0.29, 0.717) is 12.0 Å². The molecule has 1 heterocycles. The van der Waals surface area contributed by atoms with Crippen molar-refractivity contribution in [2.45, 2.75) is 44.7 Å². The minimum atomic E-state index is -0.117. The second-order valence-electron chi connectivity index (χ2n) is 5.95. The van der Waals surface area contributed by atoms with E-state index in [4.69, 9.17) is 0 Å². The third-order valence-electron chi connectivity index (χ3n) is 4.52. The van der Waals surface area contributed by atoms with Gasteiger partial charge in [0.2, 0.25) is 0 Å². The molecule has 0 amide bonds. The maximum Gasteiger partial charge on any atom is 0.127 e. The Morgan fingerprint density at radius 1 is 1.14 bits per heavy atom. The molecule has 1 aromatic carbocycles. The summed E-state index contributed by atoms with van der Waals surface area (Å²) in [6.07, 6.45) is 5.20. The predicted molar refractivity (Wildman–Crippen MR) is 87.0 cm³/mol. The zero-order valence-corrected chi connectivity index (χ0v) is 13.2. The van der Waals surface area contributed by atoms with Gasteiger partial charge in [-0.3, -0.25) is 0 Å². The predicted octanol–water partition coefficient (Wildman–Crippen LogP) is 5.47. The largest absolute Gasteiger partial charge is 0.302 e. The van der Waals surface area contributed by atoms with Gasteiger partial charge in [0.15, 0.2) is 0 Å². The molecule has 0 saturated heterocycles. The first-order chi connectivity index (χ1) is 10.3. The van der Waals surface area contributed by atoms with E-state index in [1.165, 1.54) is 30.6 Å². The molecule has 1 aliphatic carbocycles. The van der Waals surface area contributed by atoms with Crippen LogP contribution >= 0.6 is 11.3 Å². The van der Waals surface area contributed by atoms with E-state index in [0.717, 1.165) is 5.56 Å². The van der Waals surface area contributed by atoms with Gasteiger partial charge in [-0.25, -0.2) is 4.39 Å². The number of benzene rings is 1. The Bertz CT molecular complexity index is 560. The van der Waals surface area contributed by atoms with Crippen LogP contribution in [-0.2, 0) is 0 Å². The minimum absolute atomic E-state index is 0.0268. The summed E-state index contributed by atoms with van der Waals surface area (Å²) in [4.78, 5) is 1.38. The lowest BCUT2D eigenvalue weighted by molar-refractivity contribution is 0.339. The summed E-state index contributed by atoms with van der Waals surface area (Å²) in [6.45, 7) is 2.06. The molecule has 1 nitrogen and oxygen atoms in total. The van der Waals surface area contributed by atoms with Crippen LogP contribution in [-0.4, -0.2) is 0 Å². The van der Waals surface area contributed by atoms with Gasteiger partial charge in [0.05, 0.1) is 0 Å². The third-order valence-corrected chi connectivity index (χ3v) is 5.48. The number of rotatable bonds is 5. The Hall–Kier alpha value is -1.19. The fourth-order valence-electron chi connectivity index (χ4n) is 3.39. The molecule has 112 valence electrons. The lowest BCUT2D eigenvalue weighted by atomic mass is 9.95. The van der Waals surface area contributed by atoms with Crippen molar-refractivity contribution >= 4 is 11.3 Å². The van der Waals surface area contributed by atoms with Gasteiger partial charge in [0.1, 0.15) is 5.82 Å². The topological polar surface area (TPSA) is 12.0 Å². The highest BCUT2D eigenvalue weighted by Crippen LogP contribution is 2.38. The fraction of sp³-hybridized carbons (Fsp3) is 0.444. The van der Waals surface area contributed by atoms with Gasteiger partial charge in [-0.1, -0.05) is 37.1 Å². The molecule has 1 N–H and O–H groups in total. The first-order valence-electron chi connectivity index (χ1n) is 7.79. The van der Waals surface area contributed by atoms with Crippen LogP contribution < -0.4 is 5.32 Å². The lowest BCUT2D eigenvalue weighted by Crippen LogP contribution is -2.29. The first kappa shape index (κ1) is 14.7. The van der Waals surface area contributed by atoms with Crippen molar-refractivity contribution < 1.29 is 4.39 Å². The molecule has 1 fully saturated rings. The second-order valence-corrected chi connectivity index (χ2v) is 6.93. The number of hydrogen-bond donors (Lipinski definition) is 1. The molecule has 0 aliphatic heterocycles. The summed E-state index contributed by atoms with van der Waals surface area (Å²) in [5, 5.41) is 5.82. The molecular formula is C18H22FNS. The monoisotopic (exact) mass is 303 g/mol. The zero-order valence-electron chi connectivity index (χ0n) is 12.4. The van der Waals surface area contributed by atoms with Crippen molar-refractivity contribution in [1.82, 2.24) is 5.32 Å². The molecule has 0 spiro atoms. The van der Waals surface area contributed by atoms with E-state index >= 15 is 0 Å². The molecule has 1 aromatic heterocycles. The van der Waals surface area contributed by atoms with E-state index < -0.39 is 0 Å². The zero-order chi connectivity index (χ0) is 14.7. The van der Waals surface area contributed by atoms with Crippen LogP contribution in [0.1, 0.15) is 55.1 Å². The van der Waals surface area contributed by atoms with Gasteiger partial charge in [-0.15, -0.1) is 11.3 Å². The summed E-state index contributed by atoms with van der Waals surface area (Å²) in [6, 6.07) is 11.8. The average Bonchev–Trinajstić information content (AvgIpc) is 3.18. The molecule has 3 heteroatoms. The van der Waals surface area contributed by atoms with E-state index in [1.54, 1.807) is 23.5 Å². The highest BCUT2D eigenvalue weighted by atomic mass is 32.1. The quantitative estimate of drug-likeness (QED) is 0.772. The van der Waals surface area contributed by atoms with Crippen molar-refractivity contribution in [2.24, 2.45) is 5.92 Å². The Kier molecular flexibility index (Phi) is 4.71. The van der Waals surface area contributed by atoms with Gasteiger partial charge < -0.3 is 5.32 Å². The van der Waals surface area contributed by atoms with Gasteiger partial charge in [-0.2, -0.15) is 0 Å². The molecule has 21 heavy (non-hydrogen) atoms. The van der Waals surface area contributed by atoms with Gasteiger partial charge in [-0.05, 0) is 43.2 Å². The van der Waals surface area contributed by atoms with Crippen LogP contribution in [0.2, 0.25) is 0 Å². The molecular weight excluding hydrogens is 281 g/mol. The normalized spacial score (nSPS) is 18.8. The molecule has 2 unspecified atom stereocenters. The number of halogens is 1. The van der Waals surface area contributed by atoms with Crippen molar-refractivity contribution in [3.8, 4) is 0 Å². The van der Waals surface area contributed by atoms with Gasteiger partial charge >= 0.3 is 0 Å². The summed E-state index contributed by atoms with van der Waals surface area (Å²) in [5.74, 6) is 0.562. The standard InChI is InChI=1S/C18H22FNS/c1-13(15-9-4-5-10-16(15)19)20-18(14-7-2-3-8-14)17-11-6-12-21-17/h4-6,9-14,18,20H,2-3,7-8H2,1H3. The summed E-state index contributed by atoms with van der Waals surface area (Å²) in [5.41, 5.74) is 0.761. The molecule has 1 aliphatic rings. The minimum Gasteiger partial charge on any atom is -0.302 e. The van der Waals surface area contributed by atoms with E-state index in [2.05, 4.69) is 29.8 Å². The Balaban J connectivity index is 1.79. The second kappa shape index (κ2) is 6.71. The van der Waals surface area contributed by atoms with E-state index in [-0.39, 0.29) is 11.9 Å². The van der Waals surface area contributed by atoms with Crippen molar-refractivity contribution in [1.29, 1.82) is 0 Å². The van der Waals surface area contributed by atoms with E-state index in [9.17, 15) is 4.39 Å². The van der Waals surface area contributed by atoms with Crippen LogP contribution in [0.25, 0.3) is 0 Å². The van der Waals surface area contributed by atoms with E-state index in [1.807, 2.05) is 12.1 Å². The molecule has 1 saturated carbocycles. The third kappa shape index (κ3) is 3.35. The summed E-state index contributed by atoms with van der Waals surface area (Å²) < 4.78 is 14.0. The molecule has 0 bridgehead atoms. The highest BCUT2D eigenvalue weighted by Gasteiger charge is 2.28. The number of nitrogens with one attached hydrogen (secondary N) is 1. The highest BCUT2D eigenvalue weighted by molar-refractivity contribution is 7.10. The average molecular weight is 303 g/mol. The Labute approximate surface area is 130 Å². The van der Waals surface area contributed by atoms with Crippen molar-refractivity contribution in [3.63, 3.8) is 0 Å². The summed E-state index contributed by atoms with van der Waals surface area (Å²) in [7, 11) is 0. The molecule has 3 rings (SSSR count). The number of hydrogen-bond acceptors (Lipinski definition) is 2. The van der Waals surface area contributed by atoms with Crippen LogP contribution in [0, 0.1) is 11.7 Å². The van der Waals surface area contributed by atoms with Gasteiger partial charge in [0, 0.05) is 22.5 Å². The summed E-state index contributed by atoms with van der Waals surface area (Å²) >= 11 is 1.80. The van der Waals surface area contributed by atoms with Crippen LogP contribution in [0.5, 0.6) is 0 Å². The molecule has 2 atom stereocenters. The lowest BCUT2D eigenvalue weighted by Gasteiger charge is -2.28. The van der Waals surface area contributed by atoms with Gasteiger partial charge in [0.25, 0.3) is 0 Å². The maximum absolute atomic E-state index is 14.0. The van der Waals surface area contributed by atoms with Crippen molar-refractivity contribution in [3.05, 3.63) is 58.0 Å². The smallest absolute Gasteiger partial charge is 0.127 e.